The van der Waals surface area contributed by atoms with Crippen molar-refractivity contribution in [2.45, 2.75) is 23.5 Å². The van der Waals surface area contributed by atoms with Gasteiger partial charge < -0.3 is 20.1 Å². The molecule has 172 valence electrons. The fraction of sp³-hybridized carbons (Fsp3) is 0.200. The lowest BCUT2D eigenvalue weighted by molar-refractivity contribution is -0.116. The summed E-state index contributed by atoms with van der Waals surface area (Å²) in [5.41, 5.74) is 2.13. The minimum Gasteiger partial charge on any atom is -0.495 e. The molecule has 6 nitrogen and oxygen atoms in total. The van der Waals surface area contributed by atoms with E-state index in [1.54, 1.807) is 12.1 Å². The lowest BCUT2D eigenvalue weighted by atomic mass is 10.1. The highest BCUT2D eigenvalue weighted by atomic mass is 35.5. The molecule has 0 fully saturated rings. The molecule has 1 unspecified atom stereocenters. The predicted molar refractivity (Wildman–Crippen MR) is 134 cm³/mol. The Balaban J connectivity index is 1.57. The summed E-state index contributed by atoms with van der Waals surface area (Å²) in [6.45, 7) is 1.81. The van der Waals surface area contributed by atoms with Crippen molar-refractivity contribution in [1.29, 1.82) is 0 Å². The van der Waals surface area contributed by atoms with Crippen LogP contribution < -0.4 is 20.1 Å². The Hall–Kier alpha value is -3.16. The van der Waals surface area contributed by atoms with Gasteiger partial charge in [0, 0.05) is 16.6 Å². The summed E-state index contributed by atoms with van der Waals surface area (Å²) >= 11 is 7.58. The fourth-order valence-electron chi connectivity index (χ4n) is 3.05. The van der Waals surface area contributed by atoms with Gasteiger partial charge in [0.2, 0.25) is 11.8 Å². The Morgan fingerprint density at radius 3 is 2.24 bits per heavy atom. The first-order valence-corrected chi connectivity index (χ1v) is 11.5. The van der Waals surface area contributed by atoms with Gasteiger partial charge in [-0.15, -0.1) is 11.8 Å². The molecule has 0 saturated heterocycles. The van der Waals surface area contributed by atoms with Gasteiger partial charge in [-0.05, 0) is 42.8 Å². The van der Waals surface area contributed by atoms with Crippen molar-refractivity contribution in [1.82, 2.24) is 0 Å². The Morgan fingerprint density at radius 2 is 1.61 bits per heavy atom. The van der Waals surface area contributed by atoms with Gasteiger partial charge in [-0.25, -0.2) is 0 Å². The van der Waals surface area contributed by atoms with Crippen molar-refractivity contribution in [3.63, 3.8) is 0 Å². The molecule has 0 aromatic heterocycles. The highest BCUT2D eigenvalue weighted by molar-refractivity contribution is 8.00. The number of nitrogens with one attached hydrogen (secondary N) is 2. The lowest BCUT2D eigenvalue weighted by Crippen LogP contribution is -2.22. The Bertz CT molecular complexity index is 1110. The number of ether oxygens (including phenoxy) is 2. The molecule has 33 heavy (non-hydrogen) atoms. The van der Waals surface area contributed by atoms with Gasteiger partial charge in [-0.2, -0.15) is 0 Å². The minimum atomic E-state index is -0.380. The van der Waals surface area contributed by atoms with Gasteiger partial charge in [-0.1, -0.05) is 41.9 Å². The molecule has 0 aliphatic carbocycles. The van der Waals surface area contributed by atoms with Crippen LogP contribution in [0.1, 0.15) is 12.5 Å². The molecule has 0 saturated carbocycles. The van der Waals surface area contributed by atoms with Crippen molar-refractivity contribution in [3.05, 3.63) is 77.3 Å². The van der Waals surface area contributed by atoms with Gasteiger partial charge in [0.1, 0.15) is 11.5 Å². The molecular formula is C25H25ClN2O4S. The molecule has 0 heterocycles. The zero-order chi connectivity index (χ0) is 23.8. The summed E-state index contributed by atoms with van der Waals surface area (Å²) in [6.07, 6.45) is 0.313. The van der Waals surface area contributed by atoms with Crippen LogP contribution in [0.4, 0.5) is 11.4 Å². The molecular weight excluding hydrogens is 460 g/mol. The van der Waals surface area contributed by atoms with Crippen LogP contribution in [0.5, 0.6) is 11.5 Å². The van der Waals surface area contributed by atoms with Gasteiger partial charge in [0.15, 0.2) is 0 Å². The van der Waals surface area contributed by atoms with Crippen molar-refractivity contribution >= 4 is 46.6 Å². The Morgan fingerprint density at radius 1 is 0.939 bits per heavy atom. The topological polar surface area (TPSA) is 76.7 Å². The van der Waals surface area contributed by atoms with E-state index in [1.807, 2.05) is 61.5 Å². The second kappa shape index (κ2) is 11.6. The zero-order valence-corrected chi connectivity index (χ0v) is 20.1. The average molecular weight is 485 g/mol. The van der Waals surface area contributed by atoms with Gasteiger partial charge in [-0.3, -0.25) is 9.59 Å². The van der Waals surface area contributed by atoms with Crippen LogP contribution in [0.15, 0.2) is 71.6 Å². The van der Waals surface area contributed by atoms with E-state index in [0.29, 0.717) is 34.3 Å². The molecule has 2 amide bonds. The first-order valence-electron chi connectivity index (χ1n) is 10.2. The molecule has 0 radical (unpaired) electrons. The van der Waals surface area contributed by atoms with Crippen molar-refractivity contribution in [2.75, 3.05) is 24.9 Å². The number of hydrogen-bond acceptors (Lipinski definition) is 5. The monoisotopic (exact) mass is 484 g/mol. The third kappa shape index (κ3) is 6.91. The highest BCUT2D eigenvalue weighted by Gasteiger charge is 2.18. The fourth-order valence-corrected chi connectivity index (χ4v) is 4.16. The van der Waals surface area contributed by atoms with E-state index in [4.69, 9.17) is 21.1 Å². The minimum absolute atomic E-state index is 0.0820. The van der Waals surface area contributed by atoms with Crippen LogP contribution in [0, 0.1) is 0 Å². The predicted octanol–water partition coefficient (Wildman–Crippen LogP) is 5.66. The molecule has 0 aliphatic heterocycles. The van der Waals surface area contributed by atoms with Crippen LogP contribution in [-0.4, -0.2) is 31.3 Å². The van der Waals surface area contributed by atoms with Crippen LogP contribution in [0.2, 0.25) is 5.02 Å². The maximum absolute atomic E-state index is 12.7. The molecule has 8 heteroatoms. The highest BCUT2D eigenvalue weighted by Crippen LogP contribution is 2.36. The molecule has 2 N–H and O–H groups in total. The molecule has 3 aromatic rings. The number of anilines is 2. The number of methoxy groups -OCH3 is 2. The average Bonchev–Trinajstić information content (AvgIpc) is 2.81. The Labute approximate surface area is 202 Å². The number of hydrogen-bond donors (Lipinski definition) is 2. The number of benzene rings is 3. The molecule has 3 aromatic carbocycles. The van der Waals surface area contributed by atoms with E-state index in [0.717, 1.165) is 10.5 Å². The zero-order valence-electron chi connectivity index (χ0n) is 18.6. The van der Waals surface area contributed by atoms with Gasteiger partial charge in [0.25, 0.3) is 0 Å². The van der Waals surface area contributed by atoms with Gasteiger partial charge >= 0.3 is 0 Å². The Kier molecular flexibility index (Phi) is 8.63. The molecule has 0 spiro atoms. The van der Waals surface area contributed by atoms with E-state index in [2.05, 4.69) is 10.6 Å². The van der Waals surface area contributed by atoms with Gasteiger partial charge in [0.05, 0.1) is 36.6 Å². The number of carbonyl (C=O) groups is 2. The van der Waals surface area contributed by atoms with Crippen LogP contribution in [-0.2, 0) is 16.0 Å². The summed E-state index contributed by atoms with van der Waals surface area (Å²) in [5, 5.41) is 5.74. The standard InChI is InChI=1S/C25H25ClN2O4S/c1-16(25(30)28-21-14-20(26)22(31-2)15-23(21)32-3)33-19-11-9-18(10-12-19)27-24(29)13-17-7-5-4-6-8-17/h4-12,14-16H,13H2,1-3H3,(H,27,29)(H,28,30). The van der Waals surface area contributed by atoms with E-state index < -0.39 is 0 Å². The second-order valence-corrected chi connectivity index (χ2v) is 8.99. The maximum Gasteiger partial charge on any atom is 0.237 e. The smallest absolute Gasteiger partial charge is 0.237 e. The SMILES string of the molecule is COc1cc(OC)c(NC(=O)C(C)Sc2ccc(NC(=O)Cc3ccccc3)cc2)cc1Cl. The third-order valence-corrected chi connectivity index (χ3v) is 6.17. The number of rotatable bonds is 9. The van der Waals surface area contributed by atoms with Crippen LogP contribution in [0.25, 0.3) is 0 Å². The number of amides is 2. The van der Waals surface area contributed by atoms with Crippen molar-refractivity contribution in [2.24, 2.45) is 0 Å². The van der Waals surface area contributed by atoms with Crippen LogP contribution >= 0.6 is 23.4 Å². The summed E-state index contributed by atoms with van der Waals surface area (Å²) in [6, 6.07) is 20.2. The maximum atomic E-state index is 12.7. The molecule has 1 atom stereocenters. The largest absolute Gasteiger partial charge is 0.495 e. The number of halogens is 1. The normalized spacial score (nSPS) is 11.4. The van der Waals surface area contributed by atoms with Crippen molar-refractivity contribution < 1.29 is 19.1 Å². The van der Waals surface area contributed by atoms with Crippen molar-refractivity contribution in [3.8, 4) is 11.5 Å². The van der Waals surface area contributed by atoms with E-state index in [1.165, 1.54) is 26.0 Å². The molecule has 0 bridgehead atoms. The molecule has 3 rings (SSSR count). The summed E-state index contributed by atoms with van der Waals surface area (Å²) in [7, 11) is 3.02. The first-order chi connectivity index (χ1) is 15.9. The van der Waals surface area contributed by atoms with E-state index >= 15 is 0 Å². The third-order valence-electron chi connectivity index (χ3n) is 4.76. The molecule has 0 aliphatic rings. The summed E-state index contributed by atoms with van der Waals surface area (Å²) in [5.74, 6) is 0.642. The number of carbonyl (C=O) groups excluding carboxylic acids is 2. The van der Waals surface area contributed by atoms with E-state index in [-0.39, 0.29) is 17.1 Å². The second-order valence-electron chi connectivity index (χ2n) is 7.17. The van der Waals surface area contributed by atoms with Crippen LogP contribution in [0.3, 0.4) is 0 Å². The lowest BCUT2D eigenvalue weighted by Gasteiger charge is -2.16. The summed E-state index contributed by atoms with van der Waals surface area (Å²) < 4.78 is 10.5. The summed E-state index contributed by atoms with van der Waals surface area (Å²) in [4.78, 5) is 25.8. The first kappa shape index (κ1) is 24.5. The van der Waals surface area contributed by atoms with E-state index in [9.17, 15) is 9.59 Å². The quantitative estimate of drug-likeness (QED) is 0.383. The number of thioether (sulfide) groups is 1.